The maximum atomic E-state index is 13.6. The Morgan fingerprint density at radius 1 is 1.20 bits per heavy atom. The summed E-state index contributed by atoms with van der Waals surface area (Å²) >= 11 is 0. The van der Waals surface area contributed by atoms with Crippen molar-refractivity contribution in [2.24, 2.45) is 5.73 Å². The van der Waals surface area contributed by atoms with Gasteiger partial charge in [-0.1, -0.05) is 24.3 Å². The number of nitrogens with two attached hydrogens (primary N) is 1. The second-order valence-corrected chi connectivity index (χ2v) is 4.46. The predicted molar refractivity (Wildman–Crippen MR) is 73.4 cm³/mol. The molecule has 0 aliphatic rings. The SMILES string of the molecule is Cc1ccccc1CNc1cc(C(N)=O)c(F)cc1F. The molecular weight excluding hydrogens is 262 g/mol. The highest BCUT2D eigenvalue weighted by Gasteiger charge is 2.13. The molecule has 2 aromatic rings. The molecule has 0 unspecified atom stereocenters. The predicted octanol–water partition coefficient (Wildman–Crippen LogP) is 2.98. The van der Waals surface area contributed by atoms with Crippen LogP contribution in [0.1, 0.15) is 21.5 Å². The molecule has 2 rings (SSSR count). The van der Waals surface area contributed by atoms with Crippen LogP contribution in [0.5, 0.6) is 0 Å². The summed E-state index contributed by atoms with van der Waals surface area (Å²) in [6.45, 7) is 2.31. The maximum Gasteiger partial charge on any atom is 0.251 e. The summed E-state index contributed by atoms with van der Waals surface area (Å²) in [4.78, 5) is 11.0. The van der Waals surface area contributed by atoms with Crippen molar-refractivity contribution < 1.29 is 13.6 Å². The van der Waals surface area contributed by atoms with Gasteiger partial charge in [-0.05, 0) is 24.1 Å². The van der Waals surface area contributed by atoms with Gasteiger partial charge >= 0.3 is 0 Å². The van der Waals surface area contributed by atoms with Crippen molar-refractivity contribution in [3.8, 4) is 0 Å². The van der Waals surface area contributed by atoms with Gasteiger partial charge in [-0.3, -0.25) is 4.79 Å². The molecule has 0 saturated heterocycles. The number of halogens is 2. The number of benzene rings is 2. The van der Waals surface area contributed by atoms with E-state index in [2.05, 4.69) is 5.32 Å². The van der Waals surface area contributed by atoms with Crippen molar-refractivity contribution in [3.05, 3.63) is 64.7 Å². The molecule has 0 heterocycles. The summed E-state index contributed by atoms with van der Waals surface area (Å²) in [5.74, 6) is -2.65. The molecule has 0 spiro atoms. The molecule has 2 aromatic carbocycles. The lowest BCUT2D eigenvalue weighted by molar-refractivity contribution is 0.0996. The molecule has 3 nitrogen and oxygen atoms in total. The van der Waals surface area contributed by atoms with Gasteiger partial charge in [0.1, 0.15) is 11.6 Å². The first-order chi connectivity index (χ1) is 9.49. The molecule has 104 valence electrons. The zero-order chi connectivity index (χ0) is 14.7. The van der Waals surface area contributed by atoms with Gasteiger partial charge in [0.15, 0.2) is 0 Å². The number of hydrogen-bond acceptors (Lipinski definition) is 2. The third-order valence-electron chi connectivity index (χ3n) is 3.05. The molecule has 0 aliphatic heterocycles. The Hall–Kier alpha value is -2.43. The van der Waals surface area contributed by atoms with Crippen LogP contribution in [-0.2, 0) is 6.54 Å². The van der Waals surface area contributed by atoms with E-state index in [-0.39, 0.29) is 11.3 Å². The highest BCUT2D eigenvalue weighted by molar-refractivity contribution is 5.94. The van der Waals surface area contributed by atoms with Gasteiger partial charge in [0.25, 0.3) is 5.91 Å². The fourth-order valence-electron chi connectivity index (χ4n) is 1.87. The molecular formula is C15H14F2N2O. The largest absolute Gasteiger partial charge is 0.379 e. The Balaban J connectivity index is 2.24. The van der Waals surface area contributed by atoms with E-state index in [0.29, 0.717) is 12.6 Å². The van der Waals surface area contributed by atoms with Crippen LogP contribution in [0.3, 0.4) is 0 Å². The molecule has 3 N–H and O–H groups in total. The molecule has 0 atom stereocenters. The van der Waals surface area contributed by atoms with Crippen LogP contribution in [0.25, 0.3) is 0 Å². The molecule has 1 amide bonds. The van der Waals surface area contributed by atoms with Gasteiger partial charge in [0, 0.05) is 12.6 Å². The van der Waals surface area contributed by atoms with E-state index in [4.69, 9.17) is 5.73 Å². The third kappa shape index (κ3) is 2.93. The Labute approximate surface area is 115 Å². The first-order valence-electron chi connectivity index (χ1n) is 6.06. The molecule has 5 heteroatoms. The summed E-state index contributed by atoms with van der Waals surface area (Å²) in [6, 6.07) is 9.36. The lowest BCUT2D eigenvalue weighted by Gasteiger charge is -2.11. The zero-order valence-electron chi connectivity index (χ0n) is 10.9. The van der Waals surface area contributed by atoms with E-state index in [0.717, 1.165) is 17.2 Å². The van der Waals surface area contributed by atoms with Gasteiger partial charge < -0.3 is 11.1 Å². The van der Waals surface area contributed by atoms with Crippen molar-refractivity contribution in [2.45, 2.75) is 13.5 Å². The van der Waals surface area contributed by atoms with Gasteiger partial charge in [0.05, 0.1) is 11.3 Å². The Kier molecular flexibility index (Phi) is 3.98. The highest BCUT2D eigenvalue weighted by Crippen LogP contribution is 2.20. The average Bonchev–Trinajstić information content (AvgIpc) is 2.39. The number of aryl methyl sites for hydroxylation is 1. The summed E-state index contributed by atoms with van der Waals surface area (Å²) in [5.41, 5.74) is 6.78. The maximum absolute atomic E-state index is 13.6. The van der Waals surface area contributed by atoms with Crippen LogP contribution in [0.4, 0.5) is 14.5 Å². The van der Waals surface area contributed by atoms with Crippen LogP contribution < -0.4 is 11.1 Å². The number of hydrogen-bond donors (Lipinski definition) is 2. The zero-order valence-corrected chi connectivity index (χ0v) is 10.9. The fraction of sp³-hybridized carbons (Fsp3) is 0.133. The van der Waals surface area contributed by atoms with Gasteiger partial charge in [-0.25, -0.2) is 8.78 Å². The van der Waals surface area contributed by atoms with Crippen LogP contribution in [0.15, 0.2) is 36.4 Å². The number of amides is 1. The van der Waals surface area contributed by atoms with Crippen LogP contribution in [0, 0.1) is 18.6 Å². The Morgan fingerprint density at radius 3 is 2.55 bits per heavy atom. The minimum absolute atomic E-state index is 0.0449. The number of anilines is 1. The number of carbonyl (C=O) groups excluding carboxylic acids is 1. The van der Waals surface area contributed by atoms with E-state index in [1.807, 2.05) is 31.2 Å². The number of rotatable bonds is 4. The minimum atomic E-state index is -0.962. The first kappa shape index (κ1) is 14.0. The van der Waals surface area contributed by atoms with Gasteiger partial charge in [-0.15, -0.1) is 0 Å². The summed E-state index contributed by atoms with van der Waals surface area (Å²) in [7, 11) is 0. The molecule has 0 saturated carbocycles. The van der Waals surface area contributed by atoms with Gasteiger partial charge in [0.2, 0.25) is 0 Å². The summed E-state index contributed by atoms with van der Waals surface area (Å²) in [6.07, 6.45) is 0. The molecule has 0 bridgehead atoms. The number of carbonyl (C=O) groups is 1. The van der Waals surface area contributed by atoms with Crippen molar-refractivity contribution in [3.63, 3.8) is 0 Å². The molecule has 20 heavy (non-hydrogen) atoms. The highest BCUT2D eigenvalue weighted by atomic mass is 19.1. The normalized spacial score (nSPS) is 10.3. The average molecular weight is 276 g/mol. The summed E-state index contributed by atoms with van der Waals surface area (Å²) in [5, 5.41) is 2.84. The number of nitrogens with one attached hydrogen (secondary N) is 1. The van der Waals surface area contributed by atoms with Gasteiger partial charge in [-0.2, -0.15) is 0 Å². The Morgan fingerprint density at radius 2 is 1.90 bits per heavy atom. The molecule has 0 aromatic heterocycles. The second kappa shape index (κ2) is 5.69. The number of primary amides is 1. The van der Waals surface area contributed by atoms with Crippen molar-refractivity contribution >= 4 is 11.6 Å². The van der Waals surface area contributed by atoms with Crippen LogP contribution >= 0.6 is 0 Å². The monoisotopic (exact) mass is 276 g/mol. The quantitative estimate of drug-likeness (QED) is 0.902. The fourth-order valence-corrected chi connectivity index (χ4v) is 1.87. The summed E-state index contributed by atoms with van der Waals surface area (Å²) < 4.78 is 27.0. The topological polar surface area (TPSA) is 55.1 Å². The lowest BCUT2D eigenvalue weighted by atomic mass is 10.1. The van der Waals surface area contributed by atoms with Crippen molar-refractivity contribution in [1.29, 1.82) is 0 Å². The third-order valence-corrected chi connectivity index (χ3v) is 3.05. The molecule has 0 fully saturated rings. The smallest absolute Gasteiger partial charge is 0.251 e. The van der Waals surface area contributed by atoms with E-state index in [1.54, 1.807) is 0 Å². The van der Waals surface area contributed by atoms with Crippen LogP contribution in [0.2, 0.25) is 0 Å². The van der Waals surface area contributed by atoms with E-state index < -0.39 is 17.5 Å². The van der Waals surface area contributed by atoms with Crippen LogP contribution in [-0.4, -0.2) is 5.91 Å². The lowest BCUT2D eigenvalue weighted by Crippen LogP contribution is -2.14. The van der Waals surface area contributed by atoms with Crippen molar-refractivity contribution in [1.82, 2.24) is 0 Å². The van der Waals surface area contributed by atoms with E-state index in [9.17, 15) is 13.6 Å². The minimum Gasteiger partial charge on any atom is -0.379 e. The van der Waals surface area contributed by atoms with Crippen molar-refractivity contribution in [2.75, 3.05) is 5.32 Å². The van der Waals surface area contributed by atoms with E-state index >= 15 is 0 Å². The standard InChI is InChI=1S/C15H14F2N2O/c1-9-4-2-3-5-10(9)8-19-14-6-11(15(18)20)12(16)7-13(14)17/h2-7,19H,8H2,1H3,(H2,18,20). The van der Waals surface area contributed by atoms with E-state index in [1.165, 1.54) is 0 Å². The second-order valence-electron chi connectivity index (χ2n) is 4.46. The molecule has 0 radical (unpaired) electrons. The Bertz CT molecular complexity index is 656. The first-order valence-corrected chi connectivity index (χ1v) is 6.06. The molecule has 0 aliphatic carbocycles.